The molecule has 0 atom stereocenters. The number of aliphatic hydroxyl groups excluding tert-OH is 1. The highest BCUT2D eigenvalue weighted by Gasteiger charge is 2.26. The lowest BCUT2D eigenvalue weighted by molar-refractivity contribution is 0.126. The largest absolute Gasteiger partial charge is 0.393 e. The lowest BCUT2D eigenvalue weighted by atomic mass is 9.93. The molecule has 0 radical (unpaired) electrons. The maximum Gasteiger partial charge on any atom is 0.243 e. The van der Waals surface area contributed by atoms with E-state index in [4.69, 9.17) is 9.97 Å². The van der Waals surface area contributed by atoms with Gasteiger partial charge in [-0.2, -0.15) is 14.3 Å². The number of nitrogens with zero attached hydrogens (tertiary/aromatic N) is 5. The van der Waals surface area contributed by atoms with Gasteiger partial charge in [0.05, 0.1) is 17.3 Å². The first-order chi connectivity index (χ1) is 16.9. The highest BCUT2D eigenvalue weighted by atomic mass is 32.2. The van der Waals surface area contributed by atoms with E-state index >= 15 is 0 Å². The molecule has 10 nitrogen and oxygen atoms in total. The number of aromatic nitrogens is 4. The third-order valence-corrected chi connectivity index (χ3v) is 8.82. The van der Waals surface area contributed by atoms with Crippen molar-refractivity contribution in [1.29, 1.82) is 0 Å². The van der Waals surface area contributed by atoms with E-state index in [1.54, 1.807) is 34.9 Å². The number of nitrogens with one attached hydrogen (secondary N) is 2. The van der Waals surface area contributed by atoms with Gasteiger partial charge in [-0.25, -0.2) is 13.4 Å². The first-order valence-electron chi connectivity index (χ1n) is 12.5. The number of fused-ring (bicyclic) bond motifs is 1. The lowest BCUT2D eigenvalue weighted by Crippen LogP contribution is -2.35. The Morgan fingerprint density at radius 2 is 1.74 bits per heavy atom. The second-order valence-electron chi connectivity index (χ2n) is 9.36. The second kappa shape index (κ2) is 10.1. The number of hydrogen-bond acceptors (Lipinski definition) is 8. The molecule has 1 saturated carbocycles. The van der Waals surface area contributed by atoms with Crippen LogP contribution in [0.15, 0.2) is 35.5 Å². The fourth-order valence-corrected chi connectivity index (χ4v) is 6.35. The molecule has 1 aromatic carbocycles. The van der Waals surface area contributed by atoms with Crippen molar-refractivity contribution < 1.29 is 13.5 Å². The Labute approximate surface area is 205 Å². The smallest absolute Gasteiger partial charge is 0.243 e. The monoisotopic (exact) mass is 499 g/mol. The molecule has 5 rings (SSSR count). The summed E-state index contributed by atoms with van der Waals surface area (Å²) in [5, 5.41) is 16.5. The normalized spacial score (nSPS) is 21.8. The molecule has 2 aliphatic rings. The highest BCUT2D eigenvalue weighted by molar-refractivity contribution is 7.89. The topological polar surface area (TPSA) is 125 Å². The molecule has 1 aliphatic heterocycles. The summed E-state index contributed by atoms with van der Waals surface area (Å²) in [6.45, 7) is 3.92. The molecule has 3 heterocycles. The predicted molar refractivity (Wildman–Crippen MR) is 135 cm³/mol. The van der Waals surface area contributed by atoms with E-state index in [1.807, 2.05) is 11.5 Å². The zero-order chi connectivity index (χ0) is 24.4. The molecule has 3 aromatic rings. The van der Waals surface area contributed by atoms with Gasteiger partial charge >= 0.3 is 0 Å². The Hall–Kier alpha value is -2.76. The molecular formula is C24H33N7O3S. The van der Waals surface area contributed by atoms with Crippen molar-refractivity contribution in [3.8, 4) is 0 Å². The molecule has 3 N–H and O–H groups in total. The van der Waals surface area contributed by atoms with Crippen molar-refractivity contribution in [2.24, 2.45) is 0 Å². The number of imidazole rings is 1. The van der Waals surface area contributed by atoms with Crippen molar-refractivity contribution in [1.82, 2.24) is 23.8 Å². The van der Waals surface area contributed by atoms with Crippen molar-refractivity contribution in [3.63, 3.8) is 0 Å². The van der Waals surface area contributed by atoms with Crippen molar-refractivity contribution in [2.75, 3.05) is 23.7 Å². The van der Waals surface area contributed by atoms with E-state index in [9.17, 15) is 13.5 Å². The van der Waals surface area contributed by atoms with Gasteiger partial charge in [-0.1, -0.05) is 6.42 Å². The average molecular weight is 500 g/mol. The molecule has 2 aromatic heterocycles. The molecule has 1 saturated heterocycles. The van der Waals surface area contributed by atoms with Gasteiger partial charge in [-0.3, -0.25) is 0 Å². The zero-order valence-corrected chi connectivity index (χ0v) is 20.8. The number of benzene rings is 1. The van der Waals surface area contributed by atoms with Gasteiger partial charge < -0.3 is 20.3 Å². The molecule has 188 valence electrons. The summed E-state index contributed by atoms with van der Waals surface area (Å²) in [7, 11) is -3.48. The van der Waals surface area contributed by atoms with Crippen LogP contribution in [0.2, 0.25) is 0 Å². The van der Waals surface area contributed by atoms with E-state index in [0.717, 1.165) is 62.8 Å². The molecule has 35 heavy (non-hydrogen) atoms. The van der Waals surface area contributed by atoms with E-state index in [2.05, 4.69) is 15.6 Å². The van der Waals surface area contributed by atoms with Gasteiger partial charge in [-0.15, -0.1) is 0 Å². The van der Waals surface area contributed by atoms with E-state index in [1.165, 1.54) is 0 Å². The van der Waals surface area contributed by atoms with Gasteiger partial charge in [0.25, 0.3) is 0 Å². The summed E-state index contributed by atoms with van der Waals surface area (Å²) in [6, 6.07) is 7.01. The number of hydrogen-bond donors (Lipinski definition) is 3. The molecule has 1 aliphatic carbocycles. The number of aliphatic hydroxyl groups is 1. The van der Waals surface area contributed by atoms with Crippen LogP contribution >= 0.6 is 0 Å². The number of rotatable bonds is 7. The van der Waals surface area contributed by atoms with Crippen molar-refractivity contribution in [2.45, 2.75) is 75.5 Å². The fraction of sp³-hybridized carbons (Fsp3) is 0.542. The quantitative estimate of drug-likeness (QED) is 0.451. The lowest BCUT2D eigenvalue weighted by Gasteiger charge is -2.26. The molecular weight excluding hydrogens is 466 g/mol. The molecule has 0 unspecified atom stereocenters. The third-order valence-electron chi connectivity index (χ3n) is 6.90. The van der Waals surface area contributed by atoms with Crippen LogP contribution in [0.5, 0.6) is 0 Å². The minimum atomic E-state index is -3.48. The Morgan fingerprint density at radius 1 is 1.03 bits per heavy atom. The van der Waals surface area contributed by atoms with Crippen LogP contribution in [0.1, 0.15) is 51.9 Å². The number of sulfonamides is 1. The van der Waals surface area contributed by atoms with Crippen LogP contribution in [0.4, 0.5) is 17.5 Å². The van der Waals surface area contributed by atoms with Gasteiger partial charge in [-0.05, 0) is 69.7 Å². The minimum absolute atomic E-state index is 0.209. The standard InChI is InChI=1S/C24H33N7O3S/c1-2-30-16-25-21-22(28-24(29-23(21)30)27-18-6-10-19(32)11-7-18)26-17-8-12-20(13-9-17)35(33,34)31-14-4-3-5-15-31/h8-9,12-13,16,18-19,32H,2-7,10-11,14-15H2,1H3,(H2,26,27,28,29)/t18-,19-. The summed E-state index contributed by atoms with van der Waals surface area (Å²) in [4.78, 5) is 14.2. The average Bonchev–Trinajstić information content (AvgIpc) is 3.30. The SMILES string of the molecule is CCn1cnc2c(Nc3ccc(S(=O)(=O)N4CCCCC4)cc3)nc(N[C@H]3CC[C@H](O)CC3)nc21. The van der Waals surface area contributed by atoms with Crippen LogP contribution in [0, 0.1) is 0 Å². The highest BCUT2D eigenvalue weighted by Crippen LogP contribution is 2.28. The van der Waals surface area contributed by atoms with Crippen LogP contribution in [-0.2, 0) is 16.6 Å². The summed E-state index contributed by atoms with van der Waals surface area (Å²) in [5.74, 6) is 1.08. The maximum absolute atomic E-state index is 13.0. The number of anilines is 3. The first-order valence-corrected chi connectivity index (χ1v) is 13.9. The Kier molecular flexibility index (Phi) is 6.90. The summed E-state index contributed by atoms with van der Waals surface area (Å²) >= 11 is 0. The third kappa shape index (κ3) is 5.12. The Balaban J connectivity index is 1.39. The van der Waals surface area contributed by atoms with Gasteiger partial charge in [0.15, 0.2) is 17.0 Å². The molecule has 11 heteroatoms. The fourth-order valence-electron chi connectivity index (χ4n) is 4.83. The zero-order valence-electron chi connectivity index (χ0n) is 20.0. The Morgan fingerprint density at radius 3 is 2.43 bits per heavy atom. The Bertz CT molecular complexity index is 1260. The van der Waals surface area contributed by atoms with Gasteiger partial charge in [0, 0.05) is 31.4 Å². The molecule has 0 amide bonds. The first kappa shape index (κ1) is 24.0. The number of piperidine rings is 1. The van der Waals surface area contributed by atoms with E-state index in [-0.39, 0.29) is 12.1 Å². The van der Waals surface area contributed by atoms with Crippen molar-refractivity contribution >= 4 is 38.6 Å². The molecule has 2 fully saturated rings. The predicted octanol–water partition coefficient (Wildman–Crippen LogP) is 3.48. The van der Waals surface area contributed by atoms with Crippen LogP contribution in [0.25, 0.3) is 11.2 Å². The van der Waals surface area contributed by atoms with Gasteiger partial charge in [0.1, 0.15) is 0 Å². The second-order valence-corrected chi connectivity index (χ2v) is 11.3. The molecule has 0 bridgehead atoms. The van der Waals surface area contributed by atoms with E-state index < -0.39 is 10.0 Å². The van der Waals surface area contributed by atoms with Crippen molar-refractivity contribution in [3.05, 3.63) is 30.6 Å². The number of aryl methyl sites for hydroxylation is 1. The summed E-state index contributed by atoms with van der Waals surface area (Å²) in [6.07, 6.45) is 7.69. The molecule has 0 spiro atoms. The summed E-state index contributed by atoms with van der Waals surface area (Å²) < 4.78 is 29.5. The van der Waals surface area contributed by atoms with Crippen LogP contribution in [-0.4, -0.2) is 62.6 Å². The van der Waals surface area contributed by atoms with Crippen LogP contribution in [0.3, 0.4) is 0 Å². The maximum atomic E-state index is 13.0. The summed E-state index contributed by atoms with van der Waals surface area (Å²) in [5.41, 5.74) is 2.11. The van der Waals surface area contributed by atoms with E-state index in [0.29, 0.717) is 35.3 Å². The van der Waals surface area contributed by atoms with Crippen LogP contribution < -0.4 is 10.6 Å². The minimum Gasteiger partial charge on any atom is -0.393 e. The van der Waals surface area contributed by atoms with Gasteiger partial charge in [0.2, 0.25) is 16.0 Å².